The largest absolute Gasteiger partial charge is 0.480 e. The Labute approximate surface area is 304 Å². The van der Waals surface area contributed by atoms with Crippen LogP contribution in [0.1, 0.15) is 68.6 Å². The number of carboxylic acids is 1. The van der Waals surface area contributed by atoms with Gasteiger partial charge >= 0.3 is 12.1 Å². The Morgan fingerprint density at radius 1 is 0.885 bits per heavy atom. The summed E-state index contributed by atoms with van der Waals surface area (Å²) in [5, 5.41) is 17.8. The van der Waals surface area contributed by atoms with Crippen LogP contribution in [-0.2, 0) is 30.3 Å². The van der Waals surface area contributed by atoms with Gasteiger partial charge in [-0.1, -0.05) is 92.7 Å². The maximum Gasteiger partial charge on any atom is 0.407 e. The van der Waals surface area contributed by atoms with Gasteiger partial charge in [0.1, 0.15) is 24.7 Å². The van der Waals surface area contributed by atoms with E-state index in [0.717, 1.165) is 27.8 Å². The van der Waals surface area contributed by atoms with Crippen LogP contribution < -0.4 is 21.7 Å². The van der Waals surface area contributed by atoms with Crippen LogP contribution in [0.2, 0.25) is 0 Å². The van der Waals surface area contributed by atoms with Crippen molar-refractivity contribution in [1.29, 1.82) is 0 Å². The predicted octanol–water partition coefficient (Wildman–Crippen LogP) is 3.97. The number of carboxylic acid groups (broad SMARTS) is 1. The molecule has 276 valence electrons. The SMILES string of the molecule is CC(C)[C@H](NC(=O)[C@@H]1CCCN1C(=O)[C@H](CCCCNC(=O)OCC1c2ccccc2-c2ccccc21)NC(=O)[C@@H](N)Cc1ccccc1)C(=O)O. The standard InChI is InChI=1S/C40H49N5O7/c1-25(2)35(39(49)50)44-37(47)34-20-12-22-45(34)38(48)33(43-36(46)32(41)23-26-13-4-3-5-14-26)19-10-11-21-42-40(51)52-24-31-29-17-8-6-15-27(29)28-16-7-9-18-30(28)31/h3-9,13-18,25,31-35H,10-12,19-24,41H2,1-2H3,(H,42,51)(H,43,46)(H,44,47)(H,49,50)/t32-,33-,34-,35-/m0/s1. The van der Waals surface area contributed by atoms with Gasteiger partial charge in [-0.3, -0.25) is 14.4 Å². The second kappa shape index (κ2) is 17.8. The van der Waals surface area contributed by atoms with E-state index in [4.69, 9.17) is 10.5 Å². The summed E-state index contributed by atoms with van der Waals surface area (Å²) in [4.78, 5) is 66.3. The molecule has 0 unspecified atom stereocenters. The van der Waals surface area contributed by atoms with Gasteiger partial charge in [-0.05, 0) is 72.3 Å². The number of amides is 4. The highest BCUT2D eigenvalue weighted by molar-refractivity contribution is 5.94. The number of hydrogen-bond acceptors (Lipinski definition) is 7. The van der Waals surface area contributed by atoms with Crippen LogP contribution in [0.3, 0.4) is 0 Å². The maximum atomic E-state index is 14.0. The highest BCUT2D eigenvalue weighted by Gasteiger charge is 2.39. The number of rotatable bonds is 16. The molecule has 0 saturated carbocycles. The molecule has 12 heteroatoms. The molecule has 1 fully saturated rings. The quantitative estimate of drug-likeness (QED) is 0.139. The highest BCUT2D eigenvalue weighted by atomic mass is 16.5. The second-order valence-electron chi connectivity index (χ2n) is 13.9. The van der Waals surface area contributed by atoms with E-state index in [2.05, 4.69) is 40.2 Å². The molecular weight excluding hydrogens is 662 g/mol. The molecule has 2 aliphatic rings. The number of nitrogens with zero attached hydrogens (tertiary/aromatic N) is 1. The molecule has 5 rings (SSSR count). The maximum absolute atomic E-state index is 14.0. The zero-order chi connectivity index (χ0) is 37.2. The van der Waals surface area contributed by atoms with Crippen LogP contribution in [-0.4, -0.2) is 83.7 Å². The van der Waals surface area contributed by atoms with Gasteiger partial charge in [0.2, 0.25) is 17.7 Å². The molecule has 1 aliphatic heterocycles. The molecule has 3 aromatic rings. The fraction of sp³-hybridized carbons (Fsp3) is 0.425. The topological polar surface area (TPSA) is 180 Å². The monoisotopic (exact) mass is 711 g/mol. The minimum absolute atomic E-state index is 0.0568. The van der Waals surface area contributed by atoms with Crippen molar-refractivity contribution < 1.29 is 33.8 Å². The van der Waals surface area contributed by atoms with Gasteiger partial charge in [0.05, 0.1) is 6.04 Å². The van der Waals surface area contributed by atoms with E-state index in [1.54, 1.807) is 13.8 Å². The third-order valence-corrected chi connectivity index (χ3v) is 9.85. The van der Waals surface area contributed by atoms with E-state index in [1.807, 2.05) is 54.6 Å². The molecule has 1 heterocycles. The lowest BCUT2D eigenvalue weighted by Crippen LogP contribution is -2.57. The van der Waals surface area contributed by atoms with Crippen molar-refractivity contribution in [1.82, 2.24) is 20.9 Å². The highest BCUT2D eigenvalue weighted by Crippen LogP contribution is 2.44. The molecule has 3 aromatic carbocycles. The lowest BCUT2D eigenvalue weighted by Gasteiger charge is -2.30. The zero-order valence-electron chi connectivity index (χ0n) is 29.8. The van der Waals surface area contributed by atoms with Crippen LogP contribution in [0.5, 0.6) is 0 Å². The number of carbonyl (C=O) groups is 5. The van der Waals surface area contributed by atoms with Crippen molar-refractivity contribution in [2.45, 2.75) is 82.5 Å². The summed E-state index contributed by atoms with van der Waals surface area (Å²) < 4.78 is 5.64. The number of nitrogens with two attached hydrogens (primary N) is 1. The molecule has 0 spiro atoms. The van der Waals surface area contributed by atoms with E-state index in [-0.39, 0.29) is 31.3 Å². The van der Waals surface area contributed by atoms with E-state index >= 15 is 0 Å². The molecule has 6 N–H and O–H groups in total. The van der Waals surface area contributed by atoms with Gasteiger partial charge in [-0.25, -0.2) is 9.59 Å². The van der Waals surface area contributed by atoms with Crippen LogP contribution in [0.4, 0.5) is 4.79 Å². The van der Waals surface area contributed by atoms with Crippen molar-refractivity contribution in [2.24, 2.45) is 11.7 Å². The Bertz CT molecular complexity index is 1690. The summed E-state index contributed by atoms with van der Waals surface area (Å²) in [5.41, 5.74) is 11.7. The van der Waals surface area contributed by atoms with Crippen molar-refractivity contribution >= 4 is 29.8 Å². The first kappa shape index (κ1) is 38.0. The van der Waals surface area contributed by atoms with Crippen molar-refractivity contribution in [2.75, 3.05) is 19.7 Å². The number of unbranched alkanes of at least 4 members (excludes halogenated alkanes) is 1. The van der Waals surface area contributed by atoms with Crippen LogP contribution >= 0.6 is 0 Å². The molecule has 4 amide bonds. The molecular formula is C40H49N5O7. The van der Waals surface area contributed by atoms with Gasteiger partial charge in [-0.15, -0.1) is 0 Å². The van der Waals surface area contributed by atoms with Gasteiger partial charge in [0.15, 0.2) is 0 Å². The fourth-order valence-electron chi connectivity index (χ4n) is 7.08. The first-order valence-electron chi connectivity index (χ1n) is 18.1. The number of alkyl carbamates (subject to hydrolysis) is 1. The van der Waals surface area contributed by atoms with Gasteiger partial charge in [-0.2, -0.15) is 0 Å². The van der Waals surface area contributed by atoms with Crippen LogP contribution in [0.25, 0.3) is 11.1 Å². The van der Waals surface area contributed by atoms with E-state index in [1.165, 1.54) is 4.90 Å². The summed E-state index contributed by atoms with van der Waals surface area (Å²) in [6.07, 6.45) is 1.87. The zero-order valence-corrected chi connectivity index (χ0v) is 29.8. The summed E-state index contributed by atoms with van der Waals surface area (Å²) >= 11 is 0. The summed E-state index contributed by atoms with van der Waals surface area (Å²) in [5.74, 6) is -3.02. The molecule has 0 aromatic heterocycles. The Balaban J connectivity index is 1.16. The van der Waals surface area contributed by atoms with Crippen molar-refractivity contribution in [3.63, 3.8) is 0 Å². The number of benzene rings is 3. The number of likely N-dealkylation sites (tertiary alicyclic amines) is 1. The van der Waals surface area contributed by atoms with Crippen LogP contribution in [0, 0.1) is 5.92 Å². The summed E-state index contributed by atoms with van der Waals surface area (Å²) in [7, 11) is 0. The predicted molar refractivity (Wildman–Crippen MR) is 196 cm³/mol. The number of carbonyl (C=O) groups excluding carboxylic acids is 4. The Kier molecular flexibility index (Phi) is 13.0. The minimum Gasteiger partial charge on any atom is -0.480 e. The first-order chi connectivity index (χ1) is 25.0. The average Bonchev–Trinajstić information content (AvgIpc) is 3.75. The molecule has 1 saturated heterocycles. The van der Waals surface area contributed by atoms with Gasteiger partial charge < -0.3 is 36.4 Å². The first-order valence-corrected chi connectivity index (χ1v) is 18.1. The van der Waals surface area contributed by atoms with E-state index < -0.39 is 54.0 Å². The molecule has 52 heavy (non-hydrogen) atoms. The van der Waals surface area contributed by atoms with Gasteiger partial charge in [0.25, 0.3) is 0 Å². The van der Waals surface area contributed by atoms with E-state index in [9.17, 15) is 29.1 Å². The Morgan fingerprint density at radius 3 is 2.15 bits per heavy atom. The van der Waals surface area contributed by atoms with Crippen LogP contribution in [0.15, 0.2) is 78.9 Å². The summed E-state index contributed by atoms with van der Waals surface area (Å²) in [6, 6.07) is 21.7. The fourth-order valence-corrected chi connectivity index (χ4v) is 7.08. The average molecular weight is 712 g/mol. The van der Waals surface area contributed by atoms with E-state index in [0.29, 0.717) is 38.8 Å². The molecule has 0 bridgehead atoms. The lowest BCUT2D eigenvalue weighted by molar-refractivity contribution is -0.145. The molecule has 4 atom stereocenters. The third kappa shape index (κ3) is 9.35. The second-order valence-corrected chi connectivity index (χ2v) is 13.9. The Morgan fingerprint density at radius 2 is 1.52 bits per heavy atom. The molecule has 1 aliphatic carbocycles. The third-order valence-electron chi connectivity index (χ3n) is 9.85. The molecule has 12 nitrogen and oxygen atoms in total. The smallest absolute Gasteiger partial charge is 0.407 e. The Hall–Kier alpha value is -5.23. The lowest BCUT2D eigenvalue weighted by atomic mass is 9.98. The number of ether oxygens (including phenoxy) is 1. The van der Waals surface area contributed by atoms with Gasteiger partial charge in [0, 0.05) is 19.0 Å². The number of aliphatic carboxylic acids is 1. The normalized spacial score (nSPS) is 16.7. The molecule has 0 radical (unpaired) electrons. The number of hydrogen-bond donors (Lipinski definition) is 5. The number of fused-ring (bicyclic) bond motifs is 3. The summed E-state index contributed by atoms with van der Waals surface area (Å²) in [6.45, 7) is 4.18. The van der Waals surface area contributed by atoms with Crippen molar-refractivity contribution in [3.05, 3.63) is 95.6 Å². The number of nitrogens with one attached hydrogen (secondary N) is 3. The minimum atomic E-state index is -1.15. The van der Waals surface area contributed by atoms with Crippen molar-refractivity contribution in [3.8, 4) is 11.1 Å².